The molecule has 0 spiro atoms. The quantitative estimate of drug-likeness (QED) is 0.423. The number of allylic oxidation sites excluding steroid dienone is 1. The van der Waals surface area contributed by atoms with Crippen molar-refractivity contribution < 1.29 is 14.7 Å². The molecule has 2 N–H and O–H groups in total. The molecule has 4 nitrogen and oxygen atoms in total. The van der Waals surface area contributed by atoms with Crippen molar-refractivity contribution in [2.24, 2.45) is 0 Å². The average Bonchev–Trinajstić information content (AvgIpc) is 3.17. The van der Waals surface area contributed by atoms with Crippen LogP contribution in [0.3, 0.4) is 0 Å². The number of hydrogen-bond donors (Lipinski definition) is 2. The van der Waals surface area contributed by atoms with E-state index in [2.05, 4.69) is 30.4 Å². The first-order chi connectivity index (χ1) is 15.1. The zero-order chi connectivity index (χ0) is 21.8. The van der Waals surface area contributed by atoms with E-state index in [0.717, 1.165) is 51.5 Å². The van der Waals surface area contributed by atoms with Crippen LogP contribution in [0.25, 0.3) is 17.2 Å². The highest BCUT2D eigenvalue weighted by Crippen LogP contribution is 2.35. The van der Waals surface area contributed by atoms with E-state index in [9.17, 15) is 9.59 Å². The monoisotopic (exact) mass is 409 g/mol. The lowest BCUT2D eigenvalue weighted by Gasteiger charge is -2.17. The number of aliphatic carboxylic acids is 1. The van der Waals surface area contributed by atoms with Gasteiger partial charge in [0.15, 0.2) is 0 Å². The van der Waals surface area contributed by atoms with Gasteiger partial charge in [-0.2, -0.15) is 0 Å². The number of nitrogens with one attached hydrogen (secondary N) is 1. The highest BCUT2D eigenvalue weighted by atomic mass is 16.4. The molecular formula is C27H23NO3. The number of hydrogen-bond acceptors (Lipinski definition) is 2. The number of amides is 1. The highest BCUT2D eigenvalue weighted by Gasteiger charge is 2.21. The van der Waals surface area contributed by atoms with Gasteiger partial charge < -0.3 is 10.4 Å². The summed E-state index contributed by atoms with van der Waals surface area (Å²) in [5.74, 6) is -1.01. The Labute approximate surface area is 181 Å². The third-order valence-electron chi connectivity index (χ3n) is 5.48. The van der Waals surface area contributed by atoms with Crippen molar-refractivity contribution in [2.75, 3.05) is 0 Å². The van der Waals surface area contributed by atoms with Crippen LogP contribution in [0.4, 0.5) is 0 Å². The normalized spacial score (nSPS) is 13.6. The van der Waals surface area contributed by atoms with E-state index in [1.54, 1.807) is 6.08 Å². The van der Waals surface area contributed by atoms with E-state index >= 15 is 0 Å². The molecule has 31 heavy (non-hydrogen) atoms. The van der Waals surface area contributed by atoms with E-state index in [1.807, 2.05) is 54.6 Å². The van der Waals surface area contributed by atoms with Gasteiger partial charge in [0.05, 0.1) is 0 Å². The van der Waals surface area contributed by atoms with Gasteiger partial charge in [-0.15, -0.1) is 0 Å². The molecule has 0 radical (unpaired) electrons. The summed E-state index contributed by atoms with van der Waals surface area (Å²) in [5, 5.41) is 11.8. The van der Waals surface area contributed by atoms with Crippen molar-refractivity contribution in [2.45, 2.75) is 19.9 Å². The van der Waals surface area contributed by atoms with Gasteiger partial charge in [0, 0.05) is 18.2 Å². The molecule has 4 heteroatoms. The molecule has 3 aromatic rings. The molecule has 1 amide bonds. The number of rotatable bonds is 6. The lowest BCUT2D eigenvalue weighted by atomic mass is 9.87. The first-order valence-corrected chi connectivity index (χ1v) is 10.3. The Kier molecular flexibility index (Phi) is 5.80. The maximum absolute atomic E-state index is 12.3. The van der Waals surface area contributed by atoms with Crippen LogP contribution in [0.5, 0.6) is 0 Å². The fourth-order valence-corrected chi connectivity index (χ4v) is 3.98. The summed E-state index contributed by atoms with van der Waals surface area (Å²) in [7, 11) is 0. The second-order valence-corrected chi connectivity index (χ2v) is 7.42. The van der Waals surface area contributed by atoms with Crippen LogP contribution in [0.1, 0.15) is 51.5 Å². The molecule has 1 aliphatic heterocycles. The fourth-order valence-electron chi connectivity index (χ4n) is 3.98. The van der Waals surface area contributed by atoms with Gasteiger partial charge in [-0.05, 0) is 57.5 Å². The third-order valence-corrected chi connectivity index (χ3v) is 5.48. The lowest BCUT2D eigenvalue weighted by molar-refractivity contribution is -0.131. The van der Waals surface area contributed by atoms with Gasteiger partial charge in [0.1, 0.15) is 0 Å². The van der Waals surface area contributed by atoms with Gasteiger partial charge in [0.25, 0.3) is 5.91 Å². The summed E-state index contributed by atoms with van der Waals surface area (Å²) in [6.45, 7) is 2.70. The van der Waals surface area contributed by atoms with Crippen LogP contribution in [0.2, 0.25) is 0 Å². The average molecular weight is 409 g/mol. The molecule has 4 rings (SSSR count). The Morgan fingerprint density at radius 2 is 1.68 bits per heavy atom. The van der Waals surface area contributed by atoms with Crippen LogP contribution >= 0.6 is 0 Å². The first-order valence-electron chi connectivity index (χ1n) is 10.3. The van der Waals surface area contributed by atoms with Gasteiger partial charge in [-0.3, -0.25) is 4.79 Å². The summed E-state index contributed by atoms with van der Waals surface area (Å²) in [5.41, 5.74) is 7.96. The predicted octanol–water partition coefficient (Wildman–Crippen LogP) is 5.40. The first kappa shape index (κ1) is 20.4. The smallest absolute Gasteiger partial charge is 0.328 e. The molecule has 0 atom stereocenters. The van der Waals surface area contributed by atoms with E-state index in [0.29, 0.717) is 6.54 Å². The fraction of sp³-hybridized carbons (Fsp3) is 0.111. The van der Waals surface area contributed by atoms with Crippen molar-refractivity contribution in [1.29, 1.82) is 0 Å². The van der Waals surface area contributed by atoms with Crippen LogP contribution in [0, 0.1) is 0 Å². The molecule has 1 heterocycles. The minimum Gasteiger partial charge on any atom is -0.478 e. The second-order valence-electron chi connectivity index (χ2n) is 7.42. The number of carboxylic acid groups (broad SMARTS) is 1. The molecule has 1 aliphatic rings. The maximum Gasteiger partial charge on any atom is 0.328 e. The van der Waals surface area contributed by atoms with Gasteiger partial charge in [0.2, 0.25) is 0 Å². The van der Waals surface area contributed by atoms with E-state index < -0.39 is 5.97 Å². The number of carboxylic acids is 1. The summed E-state index contributed by atoms with van der Waals surface area (Å²) >= 11 is 0. The molecule has 0 unspecified atom stereocenters. The van der Waals surface area contributed by atoms with Crippen LogP contribution < -0.4 is 5.32 Å². The molecule has 0 fully saturated rings. The Morgan fingerprint density at radius 1 is 0.968 bits per heavy atom. The molecule has 0 aromatic heterocycles. The SMILES string of the molecule is CCC(=C(c1ccc(C=CC(=O)O)cc1)c1ccc2c(c1)C(=O)NC2)c1ccccc1. The van der Waals surface area contributed by atoms with Gasteiger partial charge in [-0.1, -0.05) is 73.7 Å². The second kappa shape index (κ2) is 8.84. The molecule has 0 saturated heterocycles. The summed E-state index contributed by atoms with van der Waals surface area (Å²) in [4.78, 5) is 23.1. The number of fused-ring (bicyclic) bond motifs is 1. The number of carbonyl (C=O) groups is 2. The molecule has 0 aliphatic carbocycles. The largest absolute Gasteiger partial charge is 0.478 e. The van der Waals surface area contributed by atoms with Crippen LogP contribution in [0.15, 0.2) is 78.9 Å². The van der Waals surface area contributed by atoms with Crippen molar-refractivity contribution >= 4 is 29.1 Å². The molecular weight excluding hydrogens is 386 g/mol. The topological polar surface area (TPSA) is 66.4 Å². The Hall–Kier alpha value is -3.92. The number of carbonyl (C=O) groups excluding carboxylic acids is 1. The lowest BCUT2D eigenvalue weighted by Crippen LogP contribution is -2.12. The van der Waals surface area contributed by atoms with Crippen LogP contribution in [-0.2, 0) is 11.3 Å². The van der Waals surface area contributed by atoms with Gasteiger partial charge in [-0.25, -0.2) is 4.79 Å². The van der Waals surface area contributed by atoms with Crippen molar-refractivity contribution in [3.8, 4) is 0 Å². The predicted molar refractivity (Wildman–Crippen MR) is 123 cm³/mol. The minimum atomic E-state index is -0.974. The van der Waals surface area contributed by atoms with Crippen molar-refractivity contribution in [3.05, 3.63) is 112 Å². The molecule has 0 saturated carbocycles. The summed E-state index contributed by atoms with van der Waals surface area (Å²) < 4.78 is 0. The highest BCUT2D eigenvalue weighted by molar-refractivity contribution is 6.03. The molecule has 0 bridgehead atoms. The summed E-state index contributed by atoms with van der Waals surface area (Å²) in [6, 6.07) is 24.1. The van der Waals surface area contributed by atoms with Gasteiger partial charge >= 0.3 is 5.97 Å². The summed E-state index contributed by atoms with van der Waals surface area (Å²) in [6.07, 6.45) is 3.53. The maximum atomic E-state index is 12.3. The minimum absolute atomic E-state index is 0.0388. The third kappa shape index (κ3) is 4.33. The van der Waals surface area contributed by atoms with Crippen molar-refractivity contribution in [1.82, 2.24) is 5.32 Å². The standard InChI is InChI=1S/C27H23NO3/c1-2-23(19-6-4-3-5-7-19)26(20-11-8-18(9-12-20)10-15-25(29)30)21-13-14-22-17-28-27(31)24(22)16-21/h3-16H,2,17H2,1H3,(H,28,31)(H,29,30). The molecule has 3 aromatic carbocycles. The van der Waals surface area contributed by atoms with Crippen molar-refractivity contribution in [3.63, 3.8) is 0 Å². The van der Waals surface area contributed by atoms with E-state index in [4.69, 9.17) is 5.11 Å². The molecule has 154 valence electrons. The van der Waals surface area contributed by atoms with E-state index in [1.165, 1.54) is 5.57 Å². The number of benzene rings is 3. The zero-order valence-electron chi connectivity index (χ0n) is 17.3. The Bertz CT molecular complexity index is 1190. The van der Waals surface area contributed by atoms with Crippen LogP contribution in [-0.4, -0.2) is 17.0 Å². The zero-order valence-corrected chi connectivity index (χ0v) is 17.3. The van der Waals surface area contributed by atoms with E-state index in [-0.39, 0.29) is 5.91 Å². The Balaban J connectivity index is 1.88. The Morgan fingerprint density at radius 3 is 2.35 bits per heavy atom.